The van der Waals surface area contributed by atoms with Crippen LogP contribution in [0.1, 0.15) is 0 Å². The number of piperazine rings is 1. The normalized spacial score (nSPS) is 18.0. The first-order valence-corrected chi connectivity index (χ1v) is 9.65. The predicted molar refractivity (Wildman–Crippen MR) is 115 cm³/mol. The van der Waals surface area contributed by atoms with Gasteiger partial charge < -0.3 is 15.0 Å². The molecular formula is C21H26ClN5O. The summed E-state index contributed by atoms with van der Waals surface area (Å²) in [6.45, 7) is 6.74. The van der Waals surface area contributed by atoms with Crippen LogP contribution in [0.5, 0.6) is 5.88 Å². The molecule has 2 aromatic carbocycles. The van der Waals surface area contributed by atoms with Gasteiger partial charge in [0.1, 0.15) is 0 Å². The molecule has 2 fully saturated rings. The molecule has 0 bridgehead atoms. The minimum Gasteiger partial charge on any atom is -0.479 e. The van der Waals surface area contributed by atoms with Crippen LogP contribution in [-0.2, 0) is 0 Å². The predicted octanol–water partition coefficient (Wildman–Crippen LogP) is 2.55. The molecule has 0 saturated carbocycles. The molecular weight excluding hydrogens is 374 g/mol. The smallest absolute Gasteiger partial charge is 0.240 e. The average molecular weight is 400 g/mol. The zero-order valence-corrected chi connectivity index (χ0v) is 16.9. The number of benzene rings is 2. The fourth-order valence-electron chi connectivity index (χ4n) is 4.13. The van der Waals surface area contributed by atoms with Crippen molar-refractivity contribution in [2.45, 2.75) is 6.04 Å². The number of halogens is 1. The molecule has 2 aliphatic heterocycles. The maximum atomic E-state index is 5.51. The number of anilines is 1. The van der Waals surface area contributed by atoms with Crippen LogP contribution in [0.2, 0.25) is 0 Å². The molecule has 3 heterocycles. The Bertz CT molecular complexity index is 933. The number of aromatic nitrogens is 2. The summed E-state index contributed by atoms with van der Waals surface area (Å²) < 4.78 is 7.49. The standard InChI is InChI=1S/C21H25N5O.ClH/c1-27-21-19-8-7-17(25-14-18(15-25)24-11-9-22-10-12-24)13-20(19)26(23-21)16-5-3-2-4-6-16;/h2-8,13,18,22H,9-12,14-15H2,1H3;1H. The molecule has 148 valence electrons. The Morgan fingerprint density at radius 1 is 1.00 bits per heavy atom. The highest BCUT2D eigenvalue weighted by molar-refractivity contribution is 5.89. The van der Waals surface area contributed by atoms with Crippen LogP contribution in [-0.4, -0.2) is 67.1 Å². The lowest BCUT2D eigenvalue weighted by atomic mass is 10.0. The zero-order valence-electron chi connectivity index (χ0n) is 16.0. The SMILES string of the molecule is COc1nn(-c2ccccc2)c2cc(N3CC(N4CCNCC4)C3)ccc12.Cl. The molecule has 0 atom stereocenters. The summed E-state index contributed by atoms with van der Waals surface area (Å²) in [6.07, 6.45) is 0. The second-order valence-electron chi connectivity index (χ2n) is 7.30. The van der Waals surface area contributed by atoms with Crippen molar-refractivity contribution in [3.05, 3.63) is 48.5 Å². The van der Waals surface area contributed by atoms with Crippen LogP contribution in [0.15, 0.2) is 48.5 Å². The molecule has 7 heteroatoms. The summed E-state index contributed by atoms with van der Waals surface area (Å²) in [7, 11) is 1.68. The largest absolute Gasteiger partial charge is 0.479 e. The molecule has 6 nitrogen and oxygen atoms in total. The number of hydrogen-bond acceptors (Lipinski definition) is 5. The van der Waals surface area contributed by atoms with Gasteiger partial charge in [-0.25, -0.2) is 4.68 Å². The van der Waals surface area contributed by atoms with Gasteiger partial charge in [-0.1, -0.05) is 18.2 Å². The highest BCUT2D eigenvalue weighted by Gasteiger charge is 2.32. The molecule has 0 amide bonds. The van der Waals surface area contributed by atoms with Gasteiger partial charge in [-0.15, -0.1) is 17.5 Å². The number of ether oxygens (including phenoxy) is 1. The third-order valence-electron chi connectivity index (χ3n) is 5.72. The van der Waals surface area contributed by atoms with Crippen molar-refractivity contribution in [3.8, 4) is 11.6 Å². The molecule has 1 N–H and O–H groups in total. The van der Waals surface area contributed by atoms with E-state index >= 15 is 0 Å². The van der Waals surface area contributed by atoms with Crippen LogP contribution in [0.4, 0.5) is 5.69 Å². The number of nitrogens with zero attached hydrogens (tertiary/aromatic N) is 4. The lowest BCUT2D eigenvalue weighted by molar-refractivity contribution is 0.147. The Labute approximate surface area is 171 Å². The summed E-state index contributed by atoms with van der Waals surface area (Å²) in [5.74, 6) is 0.669. The topological polar surface area (TPSA) is 45.6 Å². The molecule has 0 spiro atoms. The monoisotopic (exact) mass is 399 g/mol. The first-order valence-electron chi connectivity index (χ1n) is 9.65. The minimum absolute atomic E-state index is 0. The van der Waals surface area contributed by atoms with Crippen molar-refractivity contribution < 1.29 is 4.74 Å². The molecule has 0 unspecified atom stereocenters. The van der Waals surface area contributed by atoms with Crippen molar-refractivity contribution in [2.75, 3.05) is 51.3 Å². The molecule has 2 aliphatic rings. The van der Waals surface area contributed by atoms with Crippen LogP contribution in [0.25, 0.3) is 16.6 Å². The number of methoxy groups -OCH3 is 1. The van der Waals surface area contributed by atoms with E-state index in [0.29, 0.717) is 11.9 Å². The van der Waals surface area contributed by atoms with E-state index in [1.165, 1.54) is 5.69 Å². The number of fused-ring (bicyclic) bond motifs is 1. The van der Waals surface area contributed by atoms with Crippen molar-refractivity contribution >= 4 is 29.0 Å². The fraction of sp³-hybridized carbons (Fsp3) is 0.381. The number of hydrogen-bond donors (Lipinski definition) is 1. The third-order valence-corrected chi connectivity index (χ3v) is 5.72. The number of nitrogens with one attached hydrogen (secondary N) is 1. The van der Waals surface area contributed by atoms with Gasteiger partial charge in [-0.2, -0.15) is 0 Å². The van der Waals surface area contributed by atoms with Gasteiger partial charge in [0.05, 0.1) is 23.7 Å². The molecule has 28 heavy (non-hydrogen) atoms. The van der Waals surface area contributed by atoms with Crippen LogP contribution < -0.4 is 15.0 Å². The Kier molecular flexibility index (Phi) is 5.44. The molecule has 2 saturated heterocycles. The van der Waals surface area contributed by atoms with E-state index in [1.807, 2.05) is 22.9 Å². The molecule has 0 aliphatic carbocycles. The number of rotatable bonds is 4. The Morgan fingerprint density at radius 2 is 1.75 bits per heavy atom. The first-order chi connectivity index (χ1) is 13.3. The summed E-state index contributed by atoms with van der Waals surface area (Å²) >= 11 is 0. The lowest BCUT2D eigenvalue weighted by Crippen LogP contribution is -2.62. The zero-order chi connectivity index (χ0) is 18.2. The molecule has 5 rings (SSSR count). The van der Waals surface area contributed by atoms with Crippen LogP contribution >= 0.6 is 12.4 Å². The van der Waals surface area contributed by atoms with E-state index < -0.39 is 0 Å². The van der Waals surface area contributed by atoms with Crippen LogP contribution in [0.3, 0.4) is 0 Å². The van der Waals surface area contributed by atoms with Gasteiger partial charge in [0.2, 0.25) is 5.88 Å². The fourth-order valence-corrected chi connectivity index (χ4v) is 4.13. The second kappa shape index (κ2) is 7.99. The Balaban J connectivity index is 0.00000192. The third kappa shape index (κ3) is 3.32. The first kappa shape index (κ1) is 19.1. The summed E-state index contributed by atoms with van der Waals surface area (Å²) in [6, 6.07) is 17.5. The number of para-hydroxylation sites is 1. The van der Waals surface area contributed by atoms with Gasteiger partial charge in [0, 0.05) is 51.0 Å². The summed E-state index contributed by atoms with van der Waals surface area (Å²) in [4.78, 5) is 5.07. The van der Waals surface area contributed by atoms with E-state index in [-0.39, 0.29) is 12.4 Å². The van der Waals surface area contributed by atoms with Crippen molar-refractivity contribution in [3.63, 3.8) is 0 Å². The van der Waals surface area contributed by atoms with Crippen LogP contribution in [0, 0.1) is 0 Å². The molecule has 3 aromatic rings. The van der Waals surface area contributed by atoms with Crippen molar-refractivity contribution in [1.29, 1.82) is 0 Å². The molecule has 1 aromatic heterocycles. The second-order valence-corrected chi connectivity index (χ2v) is 7.30. The quantitative estimate of drug-likeness (QED) is 0.730. The summed E-state index contributed by atoms with van der Waals surface area (Å²) in [5, 5.41) is 9.15. The highest BCUT2D eigenvalue weighted by Crippen LogP contribution is 2.32. The van der Waals surface area contributed by atoms with E-state index in [1.54, 1.807) is 7.11 Å². The van der Waals surface area contributed by atoms with Gasteiger partial charge >= 0.3 is 0 Å². The lowest BCUT2D eigenvalue weighted by Gasteiger charge is -2.48. The van der Waals surface area contributed by atoms with Gasteiger partial charge in [-0.3, -0.25) is 4.90 Å². The van der Waals surface area contributed by atoms with Crippen molar-refractivity contribution in [2.24, 2.45) is 0 Å². The van der Waals surface area contributed by atoms with Gasteiger partial charge in [0.15, 0.2) is 0 Å². The Morgan fingerprint density at radius 3 is 2.46 bits per heavy atom. The summed E-state index contributed by atoms with van der Waals surface area (Å²) in [5.41, 5.74) is 3.39. The average Bonchev–Trinajstić information content (AvgIpc) is 3.06. The van der Waals surface area contributed by atoms with Gasteiger partial charge in [-0.05, 0) is 30.3 Å². The van der Waals surface area contributed by atoms with E-state index in [4.69, 9.17) is 4.74 Å². The minimum atomic E-state index is 0. The maximum absolute atomic E-state index is 5.51. The Hall–Kier alpha value is -2.28. The molecule has 0 radical (unpaired) electrons. The highest BCUT2D eigenvalue weighted by atomic mass is 35.5. The van der Waals surface area contributed by atoms with Gasteiger partial charge in [0.25, 0.3) is 0 Å². The van der Waals surface area contributed by atoms with E-state index in [9.17, 15) is 0 Å². The van der Waals surface area contributed by atoms with E-state index in [2.05, 4.69) is 50.5 Å². The maximum Gasteiger partial charge on any atom is 0.240 e. The van der Waals surface area contributed by atoms with E-state index in [0.717, 1.165) is 55.9 Å². The van der Waals surface area contributed by atoms with Crippen molar-refractivity contribution in [1.82, 2.24) is 20.0 Å².